The molecule has 0 bridgehead atoms. The summed E-state index contributed by atoms with van der Waals surface area (Å²) in [5, 5.41) is 3.35. The maximum atomic E-state index is 14.7. The summed E-state index contributed by atoms with van der Waals surface area (Å²) in [5.41, 5.74) is 1.09. The molecular weight excluding hydrogens is 361 g/mol. The van der Waals surface area contributed by atoms with Crippen LogP contribution in [0.25, 0.3) is 10.9 Å². The topological polar surface area (TPSA) is 63.7 Å². The Kier molecular flexibility index (Phi) is 5.08. The Morgan fingerprint density at radius 2 is 2.00 bits per heavy atom. The lowest BCUT2D eigenvalue weighted by Crippen LogP contribution is -2.36. The fourth-order valence-electron chi connectivity index (χ4n) is 3.19. The highest BCUT2D eigenvalue weighted by molar-refractivity contribution is 6.05. The molecule has 0 unspecified atom stereocenters. The number of hydrogen-bond acceptors (Lipinski definition) is 5. The number of fused-ring (bicyclic) bond motifs is 1. The summed E-state index contributed by atoms with van der Waals surface area (Å²) in [7, 11) is 1.54. The van der Waals surface area contributed by atoms with Crippen LogP contribution in [0.1, 0.15) is 10.4 Å². The Morgan fingerprint density at radius 1 is 1.18 bits per heavy atom. The molecule has 2 aromatic carbocycles. The molecule has 0 radical (unpaired) electrons. The third-order valence-corrected chi connectivity index (χ3v) is 4.66. The number of nitrogens with zero attached hydrogens (tertiary/aromatic N) is 2. The van der Waals surface area contributed by atoms with E-state index in [0.717, 1.165) is 18.9 Å². The van der Waals surface area contributed by atoms with Crippen molar-refractivity contribution >= 4 is 28.3 Å². The minimum Gasteiger partial charge on any atom is -0.497 e. The Morgan fingerprint density at radius 3 is 2.79 bits per heavy atom. The van der Waals surface area contributed by atoms with Gasteiger partial charge in [-0.15, -0.1) is 0 Å². The fourth-order valence-corrected chi connectivity index (χ4v) is 3.19. The highest BCUT2D eigenvalue weighted by Gasteiger charge is 2.15. The molecule has 0 spiro atoms. The summed E-state index contributed by atoms with van der Waals surface area (Å²) in [6.45, 7) is 2.73. The third-order valence-electron chi connectivity index (χ3n) is 4.66. The molecule has 0 atom stereocenters. The molecule has 1 fully saturated rings. The lowest BCUT2D eigenvalue weighted by atomic mass is 10.1. The van der Waals surface area contributed by atoms with Crippen molar-refractivity contribution in [2.75, 3.05) is 43.6 Å². The third kappa shape index (κ3) is 3.75. The van der Waals surface area contributed by atoms with E-state index in [0.29, 0.717) is 35.6 Å². The Labute approximate surface area is 161 Å². The van der Waals surface area contributed by atoms with Crippen molar-refractivity contribution in [1.82, 2.24) is 4.98 Å². The highest BCUT2D eigenvalue weighted by atomic mass is 19.1. The first kappa shape index (κ1) is 18.2. The summed E-state index contributed by atoms with van der Waals surface area (Å²) in [6, 6.07) is 13.5. The molecule has 2 heterocycles. The zero-order chi connectivity index (χ0) is 19.5. The van der Waals surface area contributed by atoms with Gasteiger partial charge in [0.2, 0.25) is 0 Å². The van der Waals surface area contributed by atoms with Crippen LogP contribution in [-0.4, -0.2) is 44.3 Å². The number of nitrogens with one attached hydrogen (secondary N) is 1. The van der Waals surface area contributed by atoms with Gasteiger partial charge < -0.3 is 19.7 Å². The molecule has 7 heteroatoms. The molecule has 1 aliphatic heterocycles. The molecule has 28 heavy (non-hydrogen) atoms. The number of benzene rings is 2. The number of carbonyl (C=O) groups excluding carboxylic acids is 1. The second-order valence-corrected chi connectivity index (χ2v) is 6.48. The van der Waals surface area contributed by atoms with Crippen molar-refractivity contribution in [3.63, 3.8) is 0 Å². The van der Waals surface area contributed by atoms with Gasteiger partial charge in [0.15, 0.2) is 5.82 Å². The summed E-state index contributed by atoms with van der Waals surface area (Å²) in [6.07, 6.45) is 0. The number of methoxy groups -OCH3 is 1. The first-order valence-electron chi connectivity index (χ1n) is 9.02. The van der Waals surface area contributed by atoms with E-state index in [1.807, 2.05) is 12.1 Å². The molecule has 6 nitrogen and oxygen atoms in total. The minimum atomic E-state index is -0.478. The number of rotatable bonds is 4. The number of ether oxygens (including phenoxy) is 2. The summed E-state index contributed by atoms with van der Waals surface area (Å²) in [4.78, 5) is 19.0. The van der Waals surface area contributed by atoms with Gasteiger partial charge in [-0.05, 0) is 42.5 Å². The van der Waals surface area contributed by atoms with E-state index in [9.17, 15) is 9.18 Å². The van der Waals surface area contributed by atoms with Gasteiger partial charge >= 0.3 is 0 Å². The first-order chi connectivity index (χ1) is 13.6. The van der Waals surface area contributed by atoms with Gasteiger partial charge in [0.1, 0.15) is 17.1 Å². The predicted molar refractivity (Wildman–Crippen MR) is 106 cm³/mol. The Balaban J connectivity index is 1.59. The molecule has 0 saturated carbocycles. The monoisotopic (exact) mass is 381 g/mol. The smallest absolute Gasteiger partial charge is 0.255 e. The van der Waals surface area contributed by atoms with E-state index < -0.39 is 5.82 Å². The molecule has 3 aromatic rings. The van der Waals surface area contributed by atoms with Crippen LogP contribution in [-0.2, 0) is 4.74 Å². The van der Waals surface area contributed by atoms with Crippen molar-refractivity contribution in [1.29, 1.82) is 0 Å². The minimum absolute atomic E-state index is 0.281. The van der Waals surface area contributed by atoms with Gasteiger partial charge in [-0.25, -0.2) is 9.37 Å². The van der Waals surface area contributed by atoms with Crippen LogP contribution in [0.2, 0.25) is 0 Å². The number of aromatic nitrogens is 1. The van der Waals surface area contributed by atoms with Crippen LogP contribution in [0.4, 0.5) is 15.9 Å². The molecular formula is C21H20FN3O3. The Hall–Kier alpha value is -3.19. The zero-order valence-corrected chi connectivity index (χ0v) is 15.4. The molecule has 1 aromatic heterocycles. The van der Waals surface area contributed by atoms with Crippen molar-refractivity contribution < 1.29 is 18.7 Å². The number of morpholine rings is 1. The van der Waals surface area contributed by atoms with Gasteiger partial charge in [0.05, 0.1) is 20.3 Å². The van der Waals surface area contributed by atoms with Crippen LogP contribution in [0, 0.1) is 5.82 Å². The Bertz CT molecular complexity index is 1020. The van der Waals surface area contributed by atoms with E-state index >= 15 is 0 Å². The van der Waals surface area contributed by atoms with E-state index in [-0.39, 0.29) is 11.4 Å². The molecule has 4 rings (SSSR count). The number of amides is 1. The fraction of sp³-hybridized carbons (Fsp3) is 0.238. The maximum Gasteiger partial charge on any atom is 0.255 e. The van der Waals surface area contributed by atoms with E-state index in [1.54, 1.807) is 30.3 Å². The largest absolute Gasteiger partial charge is 0.497 e. The zero-order valence-electron chi connectivity index (χ0n) is 15.4. The number of pyridine rings is 1. The lowest BCUT2D eigenvalue weighted by molar-refractivity contribution is 0.102. The number of halogens is 1. The van der Waals surface area contributed by atoms with Gasteiger partial charge in [-0.1, -0.05) is 6.07 Å². The number of hydrogen-bond donors (Lipinski definition) is 1. The van der Waals surface area contributed by atoms with Crippen molar-refractivity contribution in [3.8, 4) is 5.75 Å². The van der Waals surface area contributed by atoms with Gasteiger partial charge in [-0.2, -0.15) is 0 Å². The quantitative estimate of drug-likeness (QED) is 0.750. The van der Waals surface area contributed by atoms with Crippen LogP contribution < -0.4 is 15.0 Å². The molecule has 1 saturated heterocycles. The lowest BCUT2D eigenvalue weighted by Gasteiger charge is -2.28. The first-order valence-corrected chi connectivity index (χ1v) is 9.02. The van der Waals surface area contributed by atoms with Crippen LogP contribution in [0.3, 0.4) is 0 Å². The molecule has 1 N–H and O–H groups in total. The SMILES string of the molecule is COc1cccc(C(=O)Nc2cc(F)c3nc(N4CCOCC4)ccc3c2)c1. The average Bonchev–Trinajstić information content (AvgIpc) is 2.74. The average molecular weight is 381 g/mol. The van der Waals surface area contributed by atoms with E-state index in [1.165, 1.54) is 13.2 Å². The van der Waals surface area contributed by atoms with Gasteiger partial charge in [0, 0.05) is 29.7 Å². The van der Waals surface area contributed by atoms with Crippen molar-refractivity contribution in [2.45, 2.75) is 0 Å². The van der Waals surface area contributed by atoms with Crippen LogP contribution in [0.15, 0.2) is 48.5 Å². The summed E-state index contributed by atoms with van der Waals surface area (Å²) in [5.74, 6) is 0.490. The van der Waals surface area contributed by atoms with E-state index in [2.05, 4.69) is 15.2 Å². The molecule has 0 aliphatic carbocycles. The molecule has 1 amide bonds. The van der Waals surface area contributed by atoms with Crippen LogP contribution >= 0.6 is 0 Å². The highest BCUT2D eigenvalue weighted by Crippen LogP contribution is 2.25. The second kappa shape index (κ2) is 7.82. The number of carbonyl (C=O) groups is 1. The van der Waals surface area contributed by atoms with Crippen molar-refractivity contribution in [3.05, 3.63) is 59.9 Å². The molecule has 144 valence electrons. The number of anilines is 2. The van der Waals surface area contributed by atoms with Gasteiger partial charge in [0.25, 0.3) is 5.91 Å². The predicted octanol–water partition coefficient (Wildman–Crippen LogP) is 3.47. The van der Waals surface area contributed by atoms with Gasteiger partial charge in [-0.3, -0.25) is 4.79 Å². The van der Waals surface area contributed by atoms with E-state index in [4.69, 9.17) is 9.47 Å². The second-order valence-electron chi connectivity index (χ2n) is 6.48. The maximum absolute atomic E-state index is 14.7. The summed E-state index contributed by atoms with van der Waals surface area (Å²) >= 11 is 0. The standard InChI is InChI=1S/C21H20FN3O3/c1-27-17-4-2-3-15(12-17)21(26)23-16-11-14-5-6-19(24-20(14)18(22)13-16)25-7-9-28-10-8-25/h2-6,11-13H,7-10H2,1H3,(H,23,26). The molecule has 1 aliphatic rings. The van der Waals surface area contributed by atoms with Crippen LogP contribution in [0.5, 0.6) is 5.75 Å². The summed E-state index contributed by atoms with van der Waals surface area (Å²) < 4.78 is 25.2. The van der Waals surface area contributed by atoms with Crippen molar-refractivity contribution in [2.24, 2.45) is 0 Å². The normalized spacial score (nSPS) is 14.1.